The lowest BCUT2D eigenvalue weighted by atomic mass is 9.83. The van der Waals surface area contributed by atoms with Crippen LogP contribution in [-0.4, -0.2) is 71.3 Å². The predicted molar refractivity (Wildman–Crippen MR) is 102 cm³/mol. The molecule has 1 amide bonds. The molecule has 7 heteroatoms. The molecule has 1 unspecified atom stereocenters. The number of rotatable bonds is 7. The van der Waals surface area contributed by atoms with Crippen molar-refractivity contribution in [3.63, 3.8) is 0 Å². The van der Waals surface area contributed by atoms with Crippen LogP contribution in [0.1, 0.15) is 56.9 Å². The number of aryl methyl sites for hydroxylation is 1. The molecule has 1 aromatic rings. The quantitative estimate of drug-likeness (QED) is 0.681. The molecule has 0 radical (unpaired) electrons. The summed E-state index contributed by atoms with van der Waals surface area (Å²) in [4.78, 5) is 14.7. The van der Waals surface area contributed by atoms with Gasteiger partial charge in [0.2, 0.25) is 0 Å². The van der Waals surface area contributed by atoms with Crippen molar-refractivity contribution < 1.29 is 19.0 Å². The highest BCUT2D eigenvalue weighted by atomic mass is 16.5. The minimum atomic E-state index is -0.149. The molecule has 3 rings (SSSR count). The van der Waals surface area contributed by atoms with Gasteiger partial charge in [-0.1, -0.05) is 0 Å². The first-order chi connectivity index (χ1) is 13.0. The predicted octanol–water partition coefficient (Wildman–Crippen LogP) is 2.50. The Morgan fingerprint density at radius 1 is 1.37 bits per heavy atom. The van der Waals surface area contributed by atoms with Crippen LogP contribution >= 0.6 is 0 Å². The summed E-state index contributed by atoms with van der Waals surface area (Å²) < 4.78 is 19.5. The molecule has 27 heavy (non-hydrogen) atoms. The van der Waals surface area contributed by atoms with Crippen LogP contribution in [0.5, 0.6) is 0 Å². The molecule has 0 N–H and O–H groups in total. The summed E-state index contributed by atoms with van der Waals surface area (Å²) in [6, 6.07) is 1.80. The minimum Gasteiger partial charge on any atom is -0.376 e. The van der Waals surface area contributed by atoms with E-state index in [9.17, 15) is 4.79 Å². The molecular weight excluding hydrogens is 346 g/mol. The number of carbonyl (C=O) groups excluding carboxylic acids is 1. The summed E-state index contributed by atoms with van der Waals surface area (Å²) in [6.07, 6.45) is 5.71. The van der Waals surface area contributed by atoms with E-state index in [0.29, 0.717) is 25.5 Å². The van der Waals surface area contributed by atoms with Gasteiger partial charge < -0.3 is 19.1 Å². The maximum Gasteiger partial charge on any atom is 0.272 e. The fourth-order valence-electron chi connectivity index (χ4n) is 4.02. The lowest BCUT2D eigenvalue weighted by Gasteiger charge is -2.46. The SMILES string of the molecule is CCn1nccc1C(=O)N1CCC2(CC1)CC(OCCOC(C)C)CCO2. The molecule has 7 nitrogen and oxygen atoms in total. The molecular formula is C20H33N3O4. The smallest absolute Gasteiger partial charge is 0.272 e. The van der Waals surface area contributed by atoms with E-state index < -0.39 is 0 Å². The summed E-state index contributed by atoms with van der Waals surface area (Å²) in [5, 5.41) is 4.21. The lowest BCUT2D eigenvalue weighted by Crippen LogP contribution is -2.52. The summed E-state index contributed by atoms with van der Waals surface area (Å²) >= 11 is 0. The second-order valence-corrected chi connectivity index (χ2v) is 7.76. The number of nitrogens with zero attached hydrogens (tertiary/aromatic N) is 3. The van der Waals surface area contributed by atoms with E-state index in [1.165, 1.54) is 0 Å². The molecule has 1 aromatic heterocycles. The first kappa shape index (κ1) is 20.3. The number of amides is 1. The van der Waals surface area contributed by atoms with Crippen LogP contribution in [-0.2, 0) is 20.8 Å². The largest absolute Gasteiger partial charge is 0.376 e. The number of carbonyl (C=O) groups is 1. The number of ether oxygens (including phenoxy) is 3. The van der Waals surface area contributed by atoms with Gasteiger partial charge in [-0.2, -0.15) is 5.10 Å². The molecule has 2 fully saturated rings. The van der Waals surface area contributed by atoms with Crippen molar-refractivity contribution in [1.82, 2.24) is 14.7 Å². The average Bonchev–Trinajstić information content (AvgIpc) is 3.14. The fraction of sp³-hybridized carbons (Fsp3) is 0.800. The van der Waals surface area contributed by atoms with Gasteiger partial charge in [-0.05, 0) is 46.1 Å². The van der Waals surface area contributed by atoms with Crippen molar-refractivity contribution in [3.05, 3.63) is 18.0 Å². The Bertz CT molecular complexity index is 608. The van der Waals surface area contributed by atoms with Gasteiger partial charge in [-0.15, -0.1) is 0 Å². The Morgan fingerprint density at radius 3 is 2.85 bits per heavy atom. The highest BCUT2D eigenvalue weighted by Crippen LogP contribution is 2.36. The van der Waals surface area contributed by atoms with E-state index in [1.54, 1.807) is 16.9 Å². The summed E-state index contributed by atoms with van der Waals surface area (Å²) in [7, 11) is 0. The van der Waals surface area contributed by atoms with Crippen LogP contribution < -0.4 is 0 Å². The van der Waals surface area contributed by atoms with Gasteiger partial charge >= 0.3 is 0 Å². The van der Waals surface area contributed by atoms with E-state index in [0.717, 1.165) is 45.4 Å². The van der Waals surface area contributed by atoms with Crippen LogP contribution in [0.15, 0.2) is 12.3 Å². The maximum atomic E-state index is 12.8. The van der Waals surface area contributed by atoms with Gasteiger partial charge in [0.15, 0.2) is 0 Å². The normalized spacial score (nSPS) is 22.5. The molecule has 0 saturated carbocycles. The van der Waals surface area contributed by atoms with Crippen molar-refractivity contribution >= 4 is 5.91 Å². The molecule has 2 aliphatic heterocycles. The van der Waals surface area contributed by atoms with E-state index >= 15 is 0 Å². The molecule has 1 spiro atoms. The Balaban J connectivity index is 1.49. The molecule has 0 aromatic carbocycles. The minimum absolute atomic E-state index is 0.0682. The van der Waals surface area contributed by atoms with Gasteiger partial charge in [0.1, 0.15) is 5.69 Å². The van der Waals surface area contributed by atoms with Crippen molar-refractivity contribution in [3.8, 4) is 0 Å². The molecule has 1 atom stereocenters. The number of aromatic nitrogens is 2. The fourth-order valence-corrected chi connectivity index (χ4v) is 4.02. The van der Waals surface area contributed by atoms with Gasteiger partial charge in [0, 0.05) is 38.9 Å². The zero-order chi connectivity index (χ0) is 19.3. The maximum absolute atomic E-state index is 12.8. The zero-order valence-electron chi connectivity index (χ0n) is 16.9. The molecule has 2 saturated heterocycles. The highest BCUT2D eigenvalue weighted by molar-refractivity contribution is 5.92. The highest BCUT2D eigenvalue weighted by Gasteiger charge is 2.41. The van der Waals surface area contributed by atoms with Crippen molar-refractivity contribution in [2.45, 2.75) is 70.8 Å². The molecule has 0 bridgehead atoms. The van der Waals surface area contributed by atoms with Gasteiger partial charge in [0.25, 0.3) is 5.91 Å². The second kappa shape index (κ2) is 9.17. The molecule has 0 aliphatic carbocycles. The Morgan fingerprint density at radius 2 is 2.15 bits per heavy atom. The van der Waals surface area contributed by atoms with Crippen LogP contribution in [0.2, 0.25) is 0 Å². The van der Waals surface area contributed by atoms with Crippen LogP contribution in [0.3, 0.4) is 0 Å². The van der Waals surface area contributed by atoms with Gasteiger partial charge in [-0.3, -0.25) is 9.48 Å². The third-order valence-corrected chi connectivity index (χ3v) is 5.53. The summed E-state index contributed by atoms with van der Waals surface area (Å²) in [6.45, 7) is 10.2. The van der Waals surface area contributed by atoms with E-state index in [-0.39, 0.29) is 23.7 Å². The van der Waals surface area contributed by atoms with Crippen molar-refractivity contribution in [2.24, 2.45) is 0 Å². The van der Waals surface area contributed by atoms with Crippen molar-refractivity contribution in [1.29, 1.82) is 0 Å². The second-order valence-electron chi connectivity index (χ2n) is 7.76. The van der Waals surface area contributed by atoms with Gasteiger partial charge in [0.05, 0.1) is 31.0 Å². The lowest BCUT2D eigenvalue weighted by molar-refractivity contribution is -0.156. The van der Waals surface area contributed by atoms with Crippen molar-refractivity contribution in [2.75, 3.05) is 32.9 Å². The van der Waals surface area contributed by atoms with Crippen LogP contribution in [0, 0.1) is 0 Å². The Labute approximate surface area is 161 Å². The van der Waals surface area contributed by atoms with E-state index in [4.69, 9.17) is 14.2 Å². The average molecular weight is 380 g/mol. The Kier molecular flexibility index (Phi) is 6.89. The van der Waals surface area contributed by atoms with E-state index in [2.05, 4.69) is 5.10 Å². The first-order valence-electron chi connectivity index (χ1n) is 10.2. The van der Waals surface area contributed by atoms with Crippen LogP contribution in [0.25, 0.3) is 0 Å². The summed E-state index contributed by atoms with van der Waals surface area (Å²) in [5.74, 6) is 0.0682. The molecule has 3 heterocycles. The Hall–Kier alpha value is -1.44. The summed E-state index contributed by atoms with van der Waals surface area (Å²) in [5.41, 5.74) is 0.522. The number of hydrogen-bond acceptors (Lipinski definition) is 5. The number of hydrogen-bond donors (Lipinski definition) is 0. The number of piperidine rings is 1. The third kappa shape index (κ3) is 5.09. The third-order valence-electron chi connectivity index (χ3n) is 5.53. The standard InChI is InChI=1S/C20H33N3O4/c1-4-23-18(5-9-21-23)19(24)22-10-7-20(8-11-22)15-17(6-12-27-20)26-14-13-25-16(2)3/h5,9,16-17H,4,6-8,10-15H2,1-3H3. The monoisotopic (exact) mass is 379 g/mol. The topological polar surface area (TPSA) is 65.8 Å². The van der Waals surface area contributed by atoms with E-state index in [1.807, 2.05) is 25.7 Å². The van der Waals surface area contributed by atoms with Crippen LogP contribution in [0.4, 0.5) is 0 Å². The molecule has 152 valence electrons. The molecule has 2 aliphatic rings. The zero-order valence-corrected chi connectivity index (χ0v) is 16.9. The first-order valence-corrected chi connectivity index (χ1v) is 10.2. The number of likely N-dealkylation sites (tertiary alicyclic amines) is 1. The van der Waals surface area contributed by atoms with Gasteiger partial charge in [-0.25, -0.2) is 0 Å².